The number of hydrogen-bond acceptors (Lipinski definition) is 12. The topological polar surface area (TPSA) is 158 Å². The molecule has 0 aliphatic heterocycles. The quantitative estimate of drug-likeness (QED) is 0.0666. The lowest BCUT2D eigenvalue weighted by molar-refractivity contribution is 0.100. The van der Waals surface area contributed by atoms with Crippen molar-refractivity contribution in [2.75, 3.05) is 0 Å². The lowest BCUT2D eigenvalue weighted by atomic mass is 10.0. The smallest absolute Gasteiger partial charge is 0.193 e. The van der Waals surface area contributed by atoms with Crippen molar-refractivity contribution in [1.82, 2.24) is 0 Å². The van der Waals surface area contributed by atoms with Crippen LogP contribution in [0.4, 0.5) is 0 Å². The van der Waals surface area contributed by atoms with Gasteiger partial charge in [0.05, 0.1) is 0 Å². The van der Waals surface area contributed by atoms with Crippen LogP contribution in [0.3, 0.4) is 0 Å². The summed E-state index contributed by atoms with van der Waals surface area (Å²) in [5.41, 5.74) is 9.51. The van der Waals surface area contributed by atoms with Crippen molar-refractivity contribution in [1.29, 1.82) is 0 Å². The number of Topliss-reactive ketones (excluding diaryl/α,β-unsaturated/α-hetero) is 4. The van der Waals surface area contributed by atoms with Crippen molar-refractivity contribution in [2.45, 2.75) is 55.4 Å². The third kappa shape index (κ3) is 21.2. The number of aryl methyl sites for hydroxylation is 4. The Balaban J connectivity index is 0.000000156. The summed E-state index contributed by atoms with van der Waals surface area (Å²) < 4.78 is 34.7. The average molecular weight is 1300 g/mol. The molecule has 98 heavy (non-hydrogen) atoms. The zero-order valence-electron chi connectivity index (χ0n) is 55.6. The molecule has 0 saturated carbocycles. The Kier molecular flexibility index (Phi) is 24.2. The molecule has 0 atom stereocenters. The summed E-state index contributed by atoms with van der Waals surface area (Å²) in [6, 6.07) is 87.8. The maximum absolute atomic E-state index is 12.7. The first kappa shape index (κ1) is 69.8. The first-order valence-corrected chi connectivity index (χ1v) is 31.5. The fraction of sp³-hybridized carbons (Fsp3) is 0.0930. The lowest BCUT2D eigenvalue weighted by Gasteiger charge is -2.09. The molecule has 488 valence electrons. The molecule has 0 heterocycles. The molecule has 12 nitrogen and oxygen atoms in total. The van der Waals surface area contributed by atoms with Gasteiger partial charge in [-0.05, 0) is 250 Å². The number of ketones is 6. The van der Waals surface area contributed by atoms with Gasteiger partial charge in [0.2, 0.25) is 0 Å². The van der Waals surface area contributed by atoms with Crippen molar-refractivity contribution < 1.29 is 57.2 Å². The van der Waals surface area contributed by atoms with Crippen LogP contribution in [-0.2, 0) is 0 Å². The van der Waals surface area contributed by atoms with Gasteiger partial charge in [0, 0.05) is 44.5 Å². The summed E-state index contributed by atoms with van der Waals surface area (Å²) in [6.07, 6.45) is 0. The standard InChI is InChI=1S/C28H22O4.C22H18O3.C21H18O3.C15H14O2/c1-19-3-11-24(12-4-19)31-26-15-17-27(18-16-26)32-25-13-9-23(10-14-25)28(30)22-7-5-21(6-8-22)20(2)29;1-15-3-11-20(12-4-15)25-21-13-9-19(10-14-21)22(24)18-7-5-17(6-8-18)16(2)23;1-15-3-7-18(8-4-15)23-20-11-13-21(14-12-20)24-19-9-5-17(6-10-19)16(2)22;1-11-3-7-14(8-4-11)17-15-9-5-13(6-10-15)12(2)16/h3-18H,1-2H3;3-14H,1-2H3;3-14H,1-2H3;3-10H,1-2H3. The fourth-order valence-electron chi connectivity index (χ4n) is 9.30. The van der Waals surface area contributed by atoms with Crippen LogP contribution >= 0.6 is 0 Å². The molecule has 0 aliphatic rings. The normalized spacial score (nSPS) is 10.3. The predicted molar refractivity (Wildman–Crippen MR) is 384 cm³/mol. The van der Waals surface area contributed by atoms with Gasteiger partial charge in [-0.25, -0.2) is 0 Å². The monoisotopic (exact) mass is 1300 g/mol. The van der Waals surface area contributed by atoms with Gasteiger partial charge in [0.15, 0.2) is 34.7 Å². The van der Waals surface area contributed by atoms with Crippen molar-refractivity contribution in [2.24, 2.45) is 0 Å². The Labute approximate surface area is 571 Å². The van der Waals surface area contributed by atoms with E-state index in [-0.39, 0.29) is 34.7 Å². The number of rotatable bonds is 20. The molecule has 0 aromatic heterocycles. The minimum atomic E-state index is -0.107. The van der Waals surface area contributed by atoms with Crippen LogP contribution in [0.25, 0.3) is 0 Å². The van der Waals surface area contributed by atoms with E-state index >= 15 is 0 Å². The van der Waals surface area contributed by atoms with Gasteiger partial charge in [-0.3, -0.25) is 28.8 Å². The largest absolute Gasteiger partial charge is 0.457 e. The van der Waals surface area contributed by atoms with Gasteiger partial charge in [0.1, 0.15) is 69.0 Å². The molecule has 0 aliphatic carbocycles. The molecule has 0 fully saturated rings. The highest BCUT2D eigenvalue weighted by molar-refractivity contribution is 6.10. The Morgan fingerprint density at radius 1 is 0.163 bits per heavy atom. The van der Waals surface area contributed by atoms with E-state index in [1.54, 1.807) is 159 Å². The van der Waals surface area contributed by atoms with Crippen molar-refractivity contribution >= 4 is 34.7 Å². The van der Waals surface area contributed by atoms with Gasteiger partial charge >= 0.3 is 0 Å². The predicted octanol–water partition coefficient (Wildman–Crippen LogP) is 22.0. The summed E-state index contributed by atoms with van der Waals surface area (Å²) in [5.74, 6) is 8.56. The SMILES string of the molecule is CC(=O)c1ccc(C(=O)c2ccc(Oc3ccc(C)cc3)cc2)cc1.CC(=O)c1ccc(C(=O)c2ccc(Oc3ccc(Oc4ccc(C)cc4)cc3)cc2)cc1.CC(=O)c1ccc(Oc2ccc(C)cc2)cc1.CC(=O)c1ccc(Oc2ccc(Oc3ccc(C)cc3)cc2)cc1. The summed E-state index contributed by atoms with van der Waals surface area (Å²) in [7, 11) is 0. The van der Waals surface area contributed by atoms with Crippen LogP contribution < -0.4 is 28.4 Å². The van der Waals surface area contributed by atoms with Crippen molar-refractivity contribution in [3.63, 3.8) is 0 Å². The summed E-state index contributed by atoms with van der Waals surface area (Å²) in [5, 5.41) is 0. The van der Waals surface area contributed by atoms with Crippen molar-refractivity contribution in [3.8, 4) is 69.0 Å². The second kappa shape index (κ2) is 34.0. The maximum Gasteiger partial charge on any atom is 0.193 e. The molecule has 0 spiro atoms. The van der Waals surface area contributed by atoms with Crippen LogP contribution in [0.15, 0.2) is 291 Å². The molecule has 12 aromatic carbocycles. The highest BCUT2D eigenvalue weighted by Gasteiger charge is 2.13. The van der Waals surface area contributed by atoms with Crippen LogP contribution in [0.1, 0.15) is 123 Å². The summed E-state index contributed by atoms with van der Waals surface area (Å²) in [4.78, 5) is 70.2. The number of ether oxygens (including phenoxy) is 6. The molecule has 0 unspecified atom stereocenters. The first-order chi connectivity index (χ1) is 47.2. The van der Waals surface area contributed by atoms with E-state index in [2.05, 4.69) is 0 Å². The van der Waals surface area contributed by atoms with Gasteiger partial charge in [-0.1, -0.05) is 119 Å². The van der Waals surface area contributed by atoms with Crippen molar-refractivity contribution in [3.05, 3.63) is 358 Å². The van der Waals surface area contributed by atoms with Gasteiger partial charge in [0.25, 0.3) is 0 Å². The van der Waals surface area contributed by atoms with E-state index in [0.29, 0.717) is 73.3 Å². The second-order valence-electron chi connectivity index (χ2n) is 22.9. The molecule has 0 N–H and O–H groups in total. The number of benzene rings is 12. The van der Waals surface area contributed by atoms with E-state index in [4.69, 9.17) is 28.4 Å². The van der Waals surface area contributed by atoms with E-state index < -0.39 is 0 Å². The van der Waals surface area contributed by atoms with E-state index in [1.165, 1.54) is 36.1 Å². The highest BCUT2D eigenvalue weighted by Crippen LogP contribution is 2.31. The van der Waals surface area contributed by atoms with E-state index in [1.807, 2.05) is 173 Å². The Morgan fingerprint density at radius 2 is 0.265 bits per heavy atom. The second-order valence-corrected chi connectivity index (χ2v) is 22.9. The van der Waals surface area contributed by atoms with E-state index in [9.17, 15) is 28.8 Å². The summed E-state index contributed by atoms with van der Waals surface area (Å²) in [6.45, 7) is 14.2. The molecule has 12 heteroatoms. The van der Waals surface area contributed by atoms with E-state index in [0.717, 1.165) is 40.2 Å². The zero-order valence-corrected chi connectivity index (χ0v) is 55.6. The average Bonchev–Trinajstić information content (AvgIpc) is 0.904. The van der Waals surface area contributed by atoms with Crippen LogP contribution in [-0.4, -0.2) is 34.7 Å². The van der Waals surface area contributed by atoms with Gasteiger partial charge < -0.3 is 28.4 Å². The third-order valence-corrected chi connectivity index (χ3v) is 15.0. The van der Waals surface area contributed by atoms with Crippen LogP contribution in [0.2, 0.25) is 0 Å². The highest BCUT2D eigenvalue weighted by atomic mass is 16.5. The molecule has 0 bridgehead atoms. The first-order valence-electron chi connectivity index (χ1n) is 31.5. The lowest BCUT2D eigenvalue weighted by Crippen LogP contribution is -2.02. The molecule has 0 amide bonds. The number of carbonyl (C=O) groups excluding carboxylic acids is 6. The van der Waals surface area contributed by atoms with Gasteiger partial charge in [-0.2, -0.15) is 0 Å². The number of carbonyl (C=O) groups is 6. The molecule has 0 radical (unpaired) electrons. The number of hydrogen-bond donors (Lipinski definition) is 0. The molecule has 0 saturated heterocycles. The van der Waals surface area contributed by atoms with Crippen LogP contribution in [0, 0.1) is 27.7 Å². The zero-order chi connectivity index (χ0) is 69.5. The Bertz CT molecular complexity index is 4620. The fourth-order valence-corrected chi connectivity index (χ4v) is 9.30. The minimum absolute atomic E-state index is 0.0170. The minimum Gasteiger partial charge on any atom is -0.457 e. The Hall–Kier alpha value is -12.5. The molecular weight excluding hydrogens is 1220 g/mol. The molecule has 12 aromatic rings. The van der Waals surface area contributed by atoms with Crippen LogP contribution in [0.5, 0.6) is 69.0 Å². The summed E-state index contributed by atoms with van der Waals surface area (Å²) >= 11 is 0. The third-order valence-electron chi connectivity index (χ3n) is 15.0. The molecular formula is C86H72O12. The maximum atomic E-state index is 12.7. The van der Waals surface area contributed by atoms with Gasteiger partial charge in [-0.15, -0.1) is 0 Å². The Morgan fingerprint density at radius 3 is 0.408 bits per heavy atom. The molecule has 12 rings (SSSR count).